The minimum Gasteiger partial charge on any atom is -0.492 e. The van der Waals surface area contributed by atoms with Gasteiger partial charge in [0, 0.05) is 13.2 Å². The van der Waals surface area contributed by atoms with Crippen LogP contribution in [0.25, 0.3) is 0 Å². The van der Waals surface area contributed by atoms with Gasteiger partial charge in [-0.2, -0.15) is 0 Å². The number of ether oxygens (including phenoxy) is 2. The van der Waals surface area contributed by atoms with Gasteiger partial charge in [-0.05, 0) is 25.0 Å². The average Bonchev–Trinajstić information content (AvgIpc) is 2.57. The number of guanidine groups is 1. The first-order chi connectivity index (χ1) is 11.6. The van der Waals surface area contributed by atoms with E-state index in [0.717, 1.165) is 12.3 Å². The molecule has 1 rings (SSSR count). The molecule has 0 radical (unpaired) electrons. The maximum Gasteiger partial charge on any atom is 0.191 e. The lowest BCUT2D eigenvalue weighted by atomic mass is 10.2. The van der Waals surface area contributed by atoms with Crippen LogP contribution in [-0.2, 0) is 4.74 Å². The second-order valence-corrected chi connectivity index (χ2v) is 5.89. The second kappa shape index (κ2) is 15.2. The molecular formula is C18H32IN3O3. The number of nitrogens with one attached hydrogen (secondary N) is 2. The molecule has 25 heavy (non-hydrogen) atoms. The molecule has 0 bridgehead atoms. The van der Waals surface area contributed by atoms with E-state index in [9.17, 15) is 5.11 Å². The van der Waals surface area contributed by atoms with Crippen LogP contribution in [0.5, 0.6) is 5.75 Å². The minimum atomic E-state index is -0.597. The first-order valence-corrected chi connectivity index (χ1v) is 8.57. The van der Waals surface area contributed by atoms with E-state index in [0.29, 0.717) is 44.8 Å². The zero-order valence-corrected chi connectivity index (χ0v) is 17.7. The number of benzene rings is 1. The number of aliphatic hydroxyl groups is 1. The van der Waals surface area contributed by atoms with Gasteiger partial charge in [-0.25, -0.2) is 0 Å². The van der Waals surface area contributed by atoms with Crippen LogP contribution in [0.4, 0.5) is 0 Å². The topological polar surface area (TPSA) is 75.1 Å². The van der Waals surface area contributed by atoms with Crippen LogP contribution in [0, 0.1) is 5.92 Å². The molecule has 6 nitrogen and oxygen atoms in total. The van der Waals surface area contributed by atoms with Crippen LogP contribution < -0.4 is 15.4 Å². The smallest absolute Gasteiger partial charge is 0.191 e. The molecule has 0 aromatic heterocycles. The van der Waals surface area contributed by atoms with Gasteiger partial charge >= 0.3 is 0 Å². The molecule has 7 heteroatoms. The molecule has 0 aliphatic rings. The summed E-state index contributed by atoms with van der Waals surface area (Å²) in [5, 5.41) is 16.2. The first-order valence-electron chi connectivity index (χ1n) is 8.57. The Labute approximate surface area is 168 Å². The van der Waals surface area contributed by atoms with Crippen molar-refractivity contribution >= 4 is 29.9 Å². The van der Waals surface area contributed by atoms with Crippen LogP contribution >= 0.6 is 24.0 Å². The number of rotatable bonds is 11. The predicted molar refractivity (Wildman–Crippen MR) is 113 cm³/mol. The Morgan fingerprint density at radius 3 is 2.52 bits per heavy atom. The summed E-state index contributed by atoms with van der Waals surface area (Å²) in [4.78, 5) is 4.36. The summed E-state index contributed by atoms with van der Waals surface area (Å²) in [7, 11) is 0. The molecule has 0 amide bonds. The minimum absolute atomic E-state index is 0. The van der Waals surface area contributed by atoms with Crippen molar-refractivity contribution in [3.05, 3.63) is 30.3 Å². The van der Waals surface area contributed by atoms with E-state index in [1.165, 1.54) is 0 Å². The third-order valence-corrected chi connectivity index (χ3v) is 2.97. The number of aliphatic hydroxyl groups excluding tert-OH is 1. The zero-order chi connectivity index (χ0) is 17.6. The molecule has 1 unspecified atom stereocenters. The van der Waals surface area contributed by atoms with E-state index in [1.807, 2.05) is 37.3 Å². The van der Waals surface area contributed by atoms with Crippen LogP contribution in [0.15, 0.2) is 35.3 Å². The van der Waals surface area contributed by atoms with Crippen LogP contribution in [-0.4, -0.2) is 56.6 Å². The lowest BCUT2D eigenvalue weighted by molar-refractivity contribution is 0.0301. The van der Waals surface area contributed by atoms with E-state index in [2.05, 4.69) is 29.5 Å². The highest BCUT2D eigenvalue weighted by Gasteiger charge is 2.05. The van der Waals surface area contributed by atoms with Crippen molar-refractivity contribution in [2.45, 2.75) is 26.9 Å². The van der Waals surface area contributed by atoms with Gasteiger partial charge in [0.2, 0.25) is 0 Å². The molecular weight excluding hydrogens is 433 g/mol. The summed E-state index contributed by atoms with van der Waals surface area (Å²) in [6.45, 7) is 9.33. The quantitative estimate of drug-likeness (QED) is 0.202. The zero-order valence-electron chi connectivity index (χ0n) is 15.4. The fourth-order valence-electron chi connectivity index (χ4n) is 1.89. The van der Waals surface area contributed by atoms with Crippen molar-refractivity contribution in [3.63, 3.8) is 0 Å². The summed E-state index contributed by atoms with van der Waals surface area (Å²) < 4.78 is 11.0. The summed E-state index contributed by atoms with van der Waals surface area (Å²) >= 11 is 0. The van der Waals surface area contributed by atoms with Crippen LogP contribution in [0.2, 0.25) is 0 Å². The van der Waals surface area contributed by atoms with E-state index in [1.54, 1.807) is 0 Å². The Hall–Kier alpha value is -1.06. The normalized spacial score (nSPS) is 12.4. The fraction of sp³-hybridized carbons (Fsp3) is 0.611. The molecule has 0 saturated heterocycles. The van der Waals surface area contributed by atoms with Gasteiger partial charge in [0.05, 0.1) is 25.8 Å². The van der Waals surface area contributed by atoms with E-state index >= 15 is 0 Å². The van der Waals surface area contributed by atoms with Gasteiger partial charge in [0.25, 0.3) is 0 Å². The van der Waals surface area contributed by atoms with Gasteiger partial charge in [0.1, 0.15) is 12.4 Å². The summed E-state index contributed by atoms with van der Waals surface area (Å²) in [5.41, 5.74) is 0. The highest BCUT2D eigenvalue weighted by Crippen LogP contribution is 2.07. The van der Waals surface area contributed by atoms with Gasteiger partial charge < -0.3 is 25.2 Å². The van der Waals surface area contributed by atoms with Gasteiger partial charge in [0.15, 0.2) is 5.96 Å². The monoisotopic (exact) mass is 465 g/mol. The summed E-state index contributed by atoms with van der Waals surface area (Å²) in [6.07, 6.45) is -0.597. The number of hydrogen-bond acceptors (Lipinski definition) is 4. The molecule has 0 fully saturated rings. The SMILES string of the molecule is CCNC(=NCC(O)COCC(C)C)NCCOc1ccccc1.I. The standard InChI is InChI=1S/C18H31N3O3.HI/c1-4-19-18(21-12-16(22)14-23-13-15(2)3)20-10-11-24-17-8-6-5-7-9-17;/h5-9,15-16,22H,4,10-14H2,1-3H3,(H2,19,20,21);1H. The van der Waals surface area contributed by atoms with Gasteiger partial charge in [-0.1, -0.05) is 32.0 Å². The molecule has 0 heterocycles. The lowest BCUT2D eigenvalue weighted by Gasteiger charge is -2.14. The highest BCUT2D eigenvalue weighted by molar-refractivity contribution is 14.0. The van der Waals surface area contributed by atoms with E-state index in [4.69, 9.17) is 9.47 Å². The Balaban J connectivity index is 0.00000576. The number of nitrogens with zero attached hydrogens (tertiary/aromatic N) is 1. The average molecular weight is 465 g/mol. The lowest BCUT2D eigenvalue weighted by Crippen LogP contribution is -2.40. The number of aliphatic imine (C=N–C) groups is 1. The molecule has 0 spiro atoms. The predicted octanol–water partition coefficient (Wildman–Crippen LogP) is 2.27. The molecule has 0 saturated carbocycles. The van der Waals surface area contributed by atoms with Crippen molar-refractivity contribution in [3.8, 4) is 5.75 Å². The van der Waals surface area contributed by atoms with Crippen molar-refractivity contribution in [1.82, 2.24) is 10.6 Å². The second-order valence-electron chi connectivity index (χ2n) is 5.89. The van der Waals surface area contributed by atoms with Gasteiger partial charge in [-0.3, -0.25) is 4.99 Å². The Kier molecular flexibility index (Phi) is 14.6. The maximum absolute atomic E-state index is 9.89. The molecule has 144 valence electrons. The van der Waals surface area contributed by atoms with Crippen molar-refractivity contribution in [2.24, 2.45) is 10.9 Å². The Morgan fingerprint density at radius 1 is 1.16 bits per heavy atom. The van der Waals surface area contributed by atoms with Crippen molar-refractivity contribution in [1.29, 1.82) is 0 Å². The van der Waals surface area contributed by atoms with E-state index < -0.39 is 6.10 Å². The Morgan fingerprint density at radius 2 is 1.88 bits per heavy atom. The maximum atomic E-state index is 9.89. The third-order valence-electron chi connectivity index (χ3n) is 2.97. The number of para-hydroxylation sites is 1. The first kappa shape index (κ1) is 23.9. The molecule has 0 aliphatic carbocycles. The molecule has 3 N–H and O–H groups in total. The fourth-order valence-corrected chi connectivity index (χ4v) is 1.89. The molecule has 0 aliphatic heterocycles. The summed E-state index contributed by atoms with van der Waals surface area (Å²) in [5.74, 6) is 1.97. The van der Waals surface area contributed by atoms with Crippen LogP contribution in [0.1, 0.15) is 20.8 Å². The molecule has 1 aromatic rings. The van der Waals surface area contributed by atoms with E-state index in [-0.39, 0.29) is 24.0 Å². The largest absolute Gasteiger partial charge is 0.492 e. The van der Waals surface area contributed by atoms with Gasteiger partial charge in [-0.15, -0.1) is 24.0 Å². The van der Waals surface area contributed by atoms with Crippen molar-refractivity contribution in [2.75, 3.05) is 39.5 Å². The van der Waals surface area contributed by atoms with Crippen molar-refractivity contribution < 1.29 is 14.6 Å². The number of hydrogen-bond donors (Lipinski definition) is 3. The molecule has 1 aromatic carbocycles. The van der Waals surface area contributed by atoms with Crippen LogP contribution in [0.3, 0.4) is 0 Å². The Bertz CT molecular complexity index is 458. The molecule has 1 atom stereocenters. The number of halogens is 1. The summed E-state index contributed by atoms with van der Waals surface area (Å²) in [6, 6.07) is 9.69. The highest BCUT2D eigenvalue weighted by atomic mass is 127. The third kappa shape index (κ3) is 12.9.